The number of carbonyl (C=O) groups excluding carboxylic acids is 1. The monoisotopic (exact) mass is 648 g/mol. The second kappa shape index (κ2) is 11.0. The second-order valence-corrected chi connectivity index (χ2v) is 9.78. The van der Waals surface area contributed by atoms with Crippen LogP contribution in [0.1, 0.15) is 27.8 Å². The number of anilines is 1. The van der Waals surface area contributed by atoms with Crippen molar-refractivity contribution in [2.45, 2.75) is 27.4 Å². The first-order valence-corrected chi connectivity index (χ1v) is 12.1. The molecule has 0 unspecified atom stereocenters. The zero-order chi connectivity index (χ0) is 23.3. The van der Waals surface area contributed by atoms with Gasteiger partial charge in [0, 0.05) is 5.69 Å². The van der Waals surface area contributed by atoms with Crippen LogP contribution in [0.3, 0.4) is 0 Å². The molecule has 1 N–H and O–H groups in total. The molecule has 0 radical (unpaired) electrons. The van der Waals surface area contributed by atoms with Gasteiger partial charge in [-0.1, -0.05) is 42.0 Å². The lowest BCUT2D eigenvalue weighted by atomic mass is 10.1. The van der Waals surface area contributed by atoms with Crippen LogP contribution in [0.4, 0.5) is 5.69 Å². The maximum atomic E-state index is 12.7. The average Bonchev–Trinajstić information content (AvgIpc) is 2.76. The van der Waals surface area contributed by atoms with Crippen molar-refractivity contribution in [3.05, 3.63) is 95.1 Å². The number of amides is 1. The van der Waals surface area contributed by atoms with Gasteiger partial charge in [0.2, 0.25) is 0 Å². The molecule has 3 aromatic rings. The fraction of sp³-hybridized carbons (Fsp3) is 0.154. The number of nitrogens with zero attached hydrogens (tertiary/aromatic N) is 1. The molecule has 0 bridgehead atoms. The van der Waals surface area contributed by atoms with Gasteiger partial charge < -0.3 is 10.1 Å². The number of rotatable bonds is 6. The Labute approximate surface area is 216 Å². The fourth-order valence-electron chi connectivity index (χ4n) is 3.03. The summed E-state index contributed by atoms with van der Waals surface area (Å²) in [6.45, 7) is 6.46. The Morgan fingerprint density at radius 1 is 1.06 bits per heavy atom. The van der Waals surface area contributed by atoms with E-state index in [1.807, 2.05) is 50.2 Å². The summed E-state index contributed by atoms with van der Waals surface area (Å²) in [5.74, 6) is 0.369. The first kappa shape index (κ1) is 24.3. The summed E-state index contributed by atoms with van der Waals surface area (Å²) in [7, 11) is 0. The number of benzene rings is 3. The summed E-state index contributed by atoms with van der Waals surface area (Å²) in [5.41, 5.74) is 5.90. The third-order valence-corrected chi connectivity index (χ3v) is 6.66. The lowest BCUT2D eigenvalue weighted by Crippen LogP contribution is -2.14. The molecule has 0 aliphatic heterocycles. The van der Waals surface area contributed by atoms with Crippen molar-refractivity contribution in [2.75, 3.05) is 5.32 Å². The van der Waals surface area contributed by atoms with E-state index in [1.54, 1.807) is 6.08 Å². The number of hydrogen-bond donors (Lipinski definition) is 1. The van der Waals surface area contributed by atoms with E-state index in [-0.39, 0.29) is 5.57 Å². The predicted molar refractivity (Wildman–Crippen MR) is 146 cm³/mol. The fourth-order valence-corrected chi connectivity index (χ4v) is 5.16. The van der Waals surface area contributed by atoms with Gasteiger partial charge in [0.1, 0.15) is 24.0 Å². The zero-order valence-corrected chi connectivity index (χ0v) is 22.3. The van der Waals surface area contributed by atoms with Crippen LogP contribution in [-0.4, -0.2) is 5.91 Å². The van der Waals surface area contributed by atoms with Crippen molar-refractivity contribution in [1.82, 2.24) is 0 Å². The zero-order valence-electron chi connectivity index (χ0n) is 18.0. The number of carbonyl (C=O) groups is 1. The minimum Gasteiger partial charge on any atom is -0.487 e. The summed E-state index contributed by atoms with van der Waals surface area (Å²) in [6.07, 6.45) is 1.61. The minimum atomic E-state index is -0.425. The van der Waals surface area contributed by atoms with Gasteiger partial charge in [-0.15, -0.1) is 0 Å². The molecule has 0 aliphatic carbocycles. The van der Waals surface area contributed by atoms with Gasteiger partial charge in [0.25, 0.3) is 5.91 Å². The molecule has 0 aliphatic rings. The van der Waals surface area contributed by atoms with E-state index in [2.05, 4.69) is 81.7 Å². The summed E-state index contributed by atoms with van der Waals surface area (Å²) in [4.78, 5) is 12.7. The Morgan fingerprint density at radius 3 is 2.34 bits per heavy atom. The first-order valence-electron chi connectivity index (χ1n) is 9.95. The molecule has 0 atom stereocenters. The molecule has 162 valence electrons. The third-order valence-electron chi connectivity index (χ3n) is 5.05. The summed E-state index contributed by atoms with van der Waals surface area (Å²) in [5, 5.41) is 12.4. The van der Waals surface area contributed by atoms with Crippen LogP contribution in [0.15, 0.2) is 60.2 Å². The van der Waals surface area contributed by atoms with Crippen LogP contribution in [0.25, 0.3) is 6.08 Å². The molecule has 1 amide bonds. The van der Waals surface area contributed by atoms with E-state index in [0.717, 1.165) is 35.1 Å². The smallest absolute Gasteiger partial charge is 0.266 e. The SMILES string of the molecule is Cc1ccc(COc2c(I)cc(/C=C(\C#N)C(=O)Nc3cccc(C)c3C)cc2I)cc1. The Morgan fingerprint density at radius 2 is 1.72 bits per heavy atom. The van der Waals surface area contributed by atoms with Crippen molar-refractivity contribution in [3.8, 4) is 11.8 Å². The van der Waals surface area contributed by atoms with Gasteiger partial charge in [0.05, 0.1) is 7.14 Å². The normalized spacial score (nSPS) is 11.1. The molecular formula is C26H22I2N2O2. The summed E-state index contributed by atoms with van der Waals surface area (Å²) >= 11 is 4.44. The van der Waals surface area contributed by atoms with E-state index < -0.39 is 5.91 Å². The Bertz CT molecular complexity index is 1200. The van der Waals surface area contributed by atoms with Crippen LogP contribution in [0, 0.1) is 39.2 Å². The molecule has 0 heterocycles. The molecule has 0 saturated heterocycles. The van der Waals surface area contributed by atoms with Gasteiger partial charge >= 0.3 is 0 Å². The number of nitrogens with one attached hydrogen (secondary N) is 1. The van der Waals surface area contributed by atoms with Gasteiger partial charge in [-0.3, -0.25) is 4.79 Å². The number of hydrogen-bond acceptors (Lipinski definition) is 3. The van der Waals surface area contributed by atoms with E-state index in [4.69, 9.17) is 4.74 Å². The van der Waals surface area contributed by atoms with Crippen molar-refractivity contribution in [3.63, 3.8) is 0 Å². The predicted octanol–water partition coefficient (Wildman–Crippen LogP) is 6.95. The summed E-state index contributed by atoms with van der Waals surface area (Å²) in [6, 6.07) is 19.8. The Hall–Kier alpha value is -2.38. The quantitative estimate of drug-likeness (QED) is 0.179. The average molecular weight is 648 g/mol. The first-order chi connectivity index (χ1) is 15.3. The molecule has 3 aromatic carbocycles. The van der Waals surface area contributed by atoms with E-state index >= 15 is 0 Å². The number of nitriles is 1. The maximum Gasteiger partial charge on any atom is 0.266 e. The second-order valence-electron chi connectivity index (χ2n) is 7.46. The molecule has 3 rings (SSSR count). The maximum absolute atomic E-state index is 12.7. The molecule has 0 aromatic heterocycles. The van der Waals surface area contributed by atoms with Gasteiger partial charge in [-0.2, -0.15) is 5.26 Å². The van der Waals surface area contributed by atoms with Crippen LogP contribution >= 0.6 is 45.2 Å². The molecular weight excluding hydrogens is 626 g/mol. The number of aryl methyl sites for hydroxylation is 2. The highest BCUT2D eigenvalue weighted by atomic mass is 127. The lowest BCUT2D eigenvalue weighted by molar-refractivity contribution is -0.112. The Balaban J connectivity index is 1.78. The van der Waals surface area contributed by atoms with Gasteiger partial charge in [-0.25, -0.2) is 0 Å². The lowest BCUT2D eigenvalue weighted by Gasteiger charge is -2.12. The Kier molecular flexibility index (Phi) is 8.32. The van der Waals surface area contributed by atoms with Crippen LogP contribution < -0.4 is 10.1 Å². The molecule has 6 heteroatoms. The summed E-state index contributed by atoms with van der Waals surface area (Å²) < 4.78 is 7.88. The van der Waals surface area contributed by atoms with Gasteiger partial charge in [0.15, 0.2) is 0 Å². The van der Waals surface area contributed by atoms with E-state index in [0.29, 0.717) is 12.3 Å². The van der Waals surface area contributed by atoms with Crippen LogP contribution in [-0.2, 0) is 11.4 Å². The molecule has 0 fully saturated rings. The standard InChI is InChI=1S/C26H22I2N2O2/c1-16-7-9-19(10-8-16)15-32-25-22(27)12-20(13-23(25)28)11-21(14-29)26(31)30-24-6-4-5-17(2)18(24)3/h4-13H,15H2,1-3H3,(H,30,31)/b21-11+. The van der Waals surface area contributed by atoms with E-state index in [1.165, 1.54) is 5.56 Å². The highest BCUT2D eigenvalue weighted by Crippen LogP contribution is 2.30. The topological polar surface area (TPSA) is 62.1 Å². The largest absolute Gasteiger partial charge is 0.487 e. The van der Waals surface area contributed by atoms with Crippen LogP contribution in [0.2, 0.25) is 0 Å². The van der Waals surface area contributed by atoms with E-state index in [9.17, 15) is 10.1 Å². The number of halogens is 2. The molecule has 32 heavy (non-hydrogen) atoms. The highest BCUT2D eigenvalue weighted by Gasteiger charge is 2.14. The molecule has 0 spiro atoms. The van der Waals surface area contributed by atoms with Crippen molar-refractivity contribution < 1.29 is 9.53 Å². The van der Waals surface area contributed by atoms with Gasteiger partial charge in [-0.05, 0) is 112 Å². The number of ether oxygens (including phenoxy) is 1. The van der Waals surface area contributed by atoms with Crippen molar-refractivity contribution in [1.29, 1.82) is 5.26 Å². The molecule has 0 saturated carbocycles. The third kappa shape index (κ3) is 6.11. The van der Waals surface area contributed by atoms with Crippen molar-refractivity contribution >= 4 is 62.9 Å². The molecule has 4 nitrogen and oxygen atoms in total. The minimum absolute atomic E-state index is 0.0471. The van der Waals surface area contributed by atoms with Crippen molar-refractivity contribution in [2.24, 2.45) is 0 Å². The highest BCUT2D eigenvalue weighted by molar-refractivity contribution is 14.1. The van der Waals surface area contributed by atoms with Crippen LogP contribution in [0.5, 0.6) is 5.75 Å².